The molecule has 0 saturated carbocycles. The number of nitrogens with zero attached hydrogens (tertiary/aromatic N) is 2. The fraction of sp³-hybridized carbons (Fsp3) is 0.565. The predicted molar refractivity (Wildman–Crippen MR) is 110 cm³/mol. The van der Waals surface area contributed by atoms with Crippen molar-refractivity contribution in [3.05, 3.63) is 36.0 Å². The number of unbranched alkanes of at least 4 members (excludes halogenated alkanes) is 1. The lowest BCUT2D eigenvalue weighted by molar-refractivity contribution is 0.0928. The number of hydrogen-bond acceptors (Lipinski definition) is 4. The maximum Gasteiger partial charge on any atom is 0.163 e. The molecule has 2 aromatic rings. The van der Waals surface area contributed by atoms with Crippen LogP contribution in [0.1, 0.15) is 56.3 Å². The number of likely N-dealkylation sites (tertiary alicyclic amines) is 1. The number of benzene rings is 1. The van der Waals surface area contributed by atoms with Gasteiger partial charge in [0.1, 0.15) is 5.75 Å². The molecule has 0 amide bonds. The summed E-state index contributed by atoms with van der Waals surface area (Å²) in [5, 5.41) is 0.893. The highest BCUT2D eigenvalue weighted by atomic mass is 16.5. The second-order valence-electron chi connectivity index (χ2n) is 7.88. The zero-order valence-electron chi connectivity index (χ0n) is 16.9. The van der Waals surface area contributed by atoms with Gasteiger partial charge in [0.2, 0.25) is 0 Å². The Morgan fingerprint density at radius 2 is 2.19 bits per heavy atom. The summed E-state index contributed by atoms with van der Waals surface area (Å²) in [5.74, 6) is 2.29. The maximum absolute atomic E-state index is 12.9. The van der Waals surface area contributed by atoms with E-state index in [2.05, 4.69) is 23.7 Å². The Bertz CT molecular complexity index is 774. The number of piperidine rings is 1. The molecule has 146 valence electrons. The first-order valence-corrected chi connectivity index (χ1v) is 10.3. The van der Waals surface area contributed by atoms with Crippen molar-refractivity contribution >= 4 is 16.7 Å². The summed E-state index contributed by atoms with van der Waals surface area (Å²) in [7, 11) is 1.65. The van der Waals surface area contributed by atoms with E-state index in [-0.39, 0.29) is 5.78 Å². The summed E-state index contributed by atoms with van der Waals surface area (Å²) < 4.78 is 5.32. The minimum absolute atomic E-state index is 0.219. The normalized spacial score (nSPS) is 20.7. The Balaban J connectivity index is 1.62. The van der Waals surface area contributed by atoms with Crippen LogP contribution in [0.5, 0.6) is 5.75 Å². The van der Waals surface area contributed by atoms with Gasteiger partial charge in [-0.05, 0) is 68.5 Å². The number of methoxy groups -OCH3 is 1. The Morgan fingerprint density at radius 3 is 2.93 bits per heavy atom. The van der Waals surface area contributed by atoms with E-state index < -0.39 is 0 Å². The van der Waals surface area contributed by atoms with Crippen LogP contribution in [0.2, 0.25) is 0 Å². The molecule has 4 nitrogen and oxygen atoms in total. The first kappa shape index (κ1) is 19.8. The van der Waals surface area contributed by atoms with Crippen molar-refractivity contribution in [2.45, 2.75) is 46.0 Å². The number of hydrogen-bond donors (Lipinski definition) is 0. The highest BCUT2D eigenvalue weighted by molar-refractivity contribution is 6.07. The molecule has 0 radical (unpaired) electrons. The van der Waals surface area contributed by atoms with Crippen LogP contribution < -0.4 is 4.74 Å². The first-order valence-electron chi connectivity index (χ1n) is 10.3. The molecule has 27 heavy (non-hydrogen) atoms. The quantitative estimate of drug-likeness (QED) is 0.617. The summed E-state index contributed by atoms with van der Waals surface area (Å²) in [6.45, 7) is 8.17. The zero-order valence-corrected chi connectivity index (χ0v) is 16.9. The number of carbonyl (C=O) groups excluding carboxylic acids is 1. The minimum atomic E-state index is 0.219. The SMILES string of the molecule is CCCCN1CCC(CCC(=O)c2ccnc3ccc(OC)cc23)C(C)C1. The van der Waals surface area contributed by atoms with Crippen LogP contribution in [0.15, 0.2) is 30.5 Å². The number of pyridine rings is 1. The van der Waals surface area contributed by atoms with Gasteiger partial charge in [-0.1, -0.05) is 20.3 Å². The number of ether oxygens (including phenoxy) is 1. The largest absolute Gasteiger partial charge is 0.497 e. The molecule has 0 N–H and O–H groups in total. The van der Waals surface area contributed by atoms with Crippen LogP contribution in [0.25, 0.3) is 10.9 Å². The molecule has 2 unspecified atom stereocenters. The third kappa shape index (κ3) is 4.86. The molecule has 1 fully saturated rings. The smallest absolute Gasteiger partial charge is 0.163 e. The number of carbonyl (C=O) groups is 1. The second kappa shape index (κ2) is 9.32. The predicted octanol–water partition coefficient (Wildman–Crippen LogP) is 4.96. The number of rotatable bonds is 8. The van der Waals surface area contributed by atoms with E-state index in [1.165, 1.54) is 38.9 Å². The molecule has 1 aliphatic heterocycles. The van der Waals surface area contributed by atoms with Crippen LogP contribution >= 0.6 is 0 Å². The van der Waals surface area contributed by atoms with Gasteiger partial charge in [0.05, 0.1) is 12.6 Å². The molecule has 2 atom stereocenters. The Kier molecular flexibility index (Phi) is 6.84. The van der Waals surface area contributed by atoms with Gasteiger partial charge in [-0.15, -0.1) is 0 Å². The fourth-order valence-electron chi connectivity index (χ4n) is 4.24. The van der Waals surface area contributed by atoms with Crippen molar-refractivity contribution in [3.8, 4) is 5.75 Å². The number of aromatic nitrogens is 1. The van der Waals surface area contributed by atoms with Crippen molar-refractivity contribution < 1.29 is 9.53 Å². The van der Waals surface area contributed by atoms with Crippen LogP contribution in [0, 0.1) is 11.8 Å². The summed E-state index contributed by atoms with van der Waals surface area (Å²) in [5.41, 5.74) is 1.62. The van der Waals surface area contributed by atoms with E-state index in [0.717, 1.165) is 28.6 Å². The average molecular weight is 369 g/mol. The summed E-state index contributed by atoms with van der Waals surface area (Å²) in [6.07, 6.45) is 7.08. The van der Waals surface area contributed by atoms with Crippen LogP contribution in [0.4, 0.5) is 0 Å². The minimum Gasteiger partial charge on any atom is -0.497 e. The van der Waals surface area contributed by atoms with E-state index in [9.17, 15) is 4.79 Å². The van der Waals surface area contributed by atoms with Gasteiger partial charge in [-0.2, -0.15) is 0 Å². The highest BCUT2D eigenvalue weighted by Gasteiger charge is 2.26. The fourth-order valence-corrected chi connectivity index (χ4v) is 4.24. The van der Waals surface area contributed by atoms with Gasteiger partial charge in [0, 0.05) is 30.1 Å². The third-order valence-corrected chi connectivity index (χ3v) is 5.99. The average Bonchev–Trinajstić information content (AvgIpc) is 2.70. The highest BCUT2D eigenvalue weighted by Crippen LogP contribution is 2.29. The van der Waals surface area contributed by atoms with Crippen LogP contribution in [-0.4, -0.2) is 42.4 Å². The zero-order chi connectivity index (χ0) is 19.2. The second-order valence-corrected chi connectivity index (χ2v) is 7.88. The van der Waals surface area contributed by atoms with Crippen molar-refractivity contribution in [2.75, 3.05) is 26.7 Å². The Morgan fingerprint density at radius 1 is 1.33 bits per heavy atom. The summed E-state index contributed by atoms with van der Waals surface area (Å²) >= 11 is 0. The van der Waals surface area contributed by atoms with Gasteiger partial charge < -0.3 is 9.64 Å². The molecular formula is C23H32N2O2. The van der Waals surface area contributed by atoms with Crippen molar-refractivity contribution in [1.29, 1.82) is 0 Å². The maximum atomic E-state index is 12.9. The van der Waals surface area contributed by atoms with E-state index in [1.54, 1.807) is 13.3 Å². The number of ketones is 1. The van der Waals surface area contributed by atoms with Gasteiger partial charge >= 0.3 is 0 Å². The van der Waals surface area contributed by atoms with E-state index in [1.807, 2.05) is 24.3 Å². The van der Waals surface area contributed by atoms with Gasteiger partial charge in [-0.3, -0.25) is 9.78 Å². The lowest BCUT2D eigenvalue weighted by Crippen LogP contribution is -2.39. The lowest BCUT2D eigenvalue weighted by atomic mass is 9.82. The van der Waals surface area contributed by atoms with Crippen molar-refractivity contribution in [3.63, 3.8) is 0 Å². The first-order chi connectivity index (χ1) is 13.1. The molecular weight excluding hydrogens is 336 g/mol. The van der Waals surface area contributed by atoms with E-state index >= 15 is 0 Å². The summed E-state index contributed by atoms with van der Waals surface area (Å²) in [6, 6.07) is 7.57. The Hall–Kier alpha value is -1.94. The lowest BCUT2D eigenvalue weighted by Gasteiger charge is -2.37. The van der Waals surface area contributed by atoms with Crippen molar-refractivity contribution in [1.82, 2.24) is 9.88 Å². The molecule has 1 aliphatic rings. The molecule has 4 heteroatoms. The molecule has 0 bridgehead atoms. The molecule has 1 aromatic heterocycles. The monoisotopic (exact) mass is 368 g/mol. The summed E-state index contributed by atoms with van der Waals surface area (Å²) in [4.78, 5) is 19.9. The number of Topliss-reactive ketones (excluding diaryl/α,β-unsaturated/α-hetero) is 1. The van der Waals surface area contributed by atoms with Crippen LogP contribution in [0.3, 0.4) is 0 Å². The standard InChI is InChI=1S/C23H32N2O2/c1-4-5-13-25-14-11-18(17(2)16-25)6-9-23(26)20-10-12-24-22-8-7-19(27-3)15-21(20)22/h7-8,10,12,15,17-18H,4-6,9,11,13-14,16H2,1-3H3. The van der Waals surface area contributed by atoms with Gasteiger partial charge in [0.15, 0.2) is 5.78 Å². The molecule has 0 aliphatic carbocycles. The molecule has 0 spiro atoms. The van der Waals surface area contributed by atoms with E-state index in [4.69, 9.17) is 4.74 Å². The van der Waals surface area contributed by atoms with Gasteiger partial charge in [0.25, 0.3) is 0 Å². The topological polar surface area (TPSA) is 42.4 Å². The van der Waals surface area contributed by atoms with Gasteiger partial charge in [-0.25, -0.2) is 0 Å². The Labute approximate surface area is 162 Å². The molecule has 1 aromatic carbocycles. The number of fused-ring (bicyclic) bond motifs is 1. The molecule has 3 rings (SSSR count). The van der Waals surface area contributed by atoms with Crippen molar-refractivity contribution in [2.24, 2.45) is 11.8 Å². The van der Waals surface area contributed by atoms with E-state index in [0.29, 0.717) is 18.3 Å². The van der Waals surface area contributed by atoms with Crippen LogP contribution in [-0.2, 0) is 0 Å². The molecule has 1 saturated heterocycles. The third-order valence-electron chi connectivity index (χ3n) is 5.99. The molecule has 2 heterocycles.